The highest BCUT2D eigenvalue weighted by Gasteiger charge is 2.08. The topological polar surface area (TPSA) is 76.3 Å². The van der Waals surface area contributed by atoms with E-state index in [-0.39, 0.29) is 0 Å². The van der Waals surface area contributed by atoms with Gasteiger partial charge in [0.2, 0.25) is 0 Å². The van der Waals surface area contributed by atoms with Crippen molar-refractivity contribution in [2.45, 2.75) is 0 Å². The standard InChI is InChI=1S/C15H12ClN3O3/c1-19-12-8-11(5-6-13(12)22-15(19)21)18-14(20)17-10-4-2-3-9(16)7-10/h2-8H,1H3,(H2,17,18,20). The number of aryl methyl sites for hydroxylation is 1. The highest BCUT2D eigenvalue weighted by Crippen LogP contribution is 2.19. The van der Waals surface area contributed by atoms with E-state index in [1.807, 2.05) is 0 Å². The van der Waals surface area contributed by atoms with Crippen LogP contribution in [-0.2, 0) is 7.05 Å². The SMILES string of the molecule is Cn1c(=O)oc2ccc(NC(=O)Nc3cccc(Cl)c3)cc21. The van der Waals surface area contributed by atoms with E-state index in [1.54, 1.807) is 49.5 Å². The Morgan fingerprint density at radius 3 is 2.59 bits per heavy atom. The van der Waals surface area contributed by atoms with Gasteiger partial charge in [0.05, 0.1) is 5.52 Å². The molecule has 7 heteroatoms. The highest BCUT2D eigenvalue weighted by molar-refractivity contribution is 6.30. The molecule has 0 saturated heterocycles. The zero-order chi connectivity index (χ0) is 15.7. The fourth-order valence-corrected chi connectivity index (χ4v) is 2.25. The second-order valence-corrected chi connectivity index (χ2v) is 5.14. The van der Waals surface area contributed by atoms with Gasteiger partial charge in [0.15, 0.2) is 5.58 Å². The lowest BCUT2D eigenvalue weighted by atomic mass is 10.3. The number of oxazole rings is 1. The van der Waals surface area contributed by atoms with Gasteiger partial charge in [0, 0.05) is 23.4 Å². The van der Waals surface area contributed by atoms with E-state index in [0.29, 0.717) is 27.5 Å². The van der Waals surface area contributed by atoms with Crippen LogP contribution in [0.25, 0.3) is 11.1 Å². The summed E-state index contributed by atoms with van der Waals surface area (Å²) in [7, 11) is 1.60. The number of fused-ring (bicyclic) bond motifs is 1. The molecule has 1 aromatic heterocycles. The molecule has 0 saturated carbocycles. The van der Waals surface area contributed by atoms with Crippen molar-refractivity contribution in [1.29, 1.82) is 0 Å². The van der Waals surface area contributed by atoms with Crippen LogP contribution in [0.5, 0.6) is 0 Å². The highest BCUT2D eigenvalue weighted by atomic mass is 35.5. The molecule has 0 radical (unpaired) electrons. The number of hydrogen-bond acceptors (Lipinski definition) is 3. The van der Waals surface area contributed by atoms with Gasteiger partial charge in [-0.1, -0.05) is 17.7 Å². The van der Waals surface area contributed by atoms with Crippen LogP contribution in [0.2, 0.25) is 5.02 Å². The van der Waals surface area contributed by atoms with Gasteiger partial charge in [-0.3, -0.25) is 4.57 Å². The molecule has 1 heterocycles. The molecular weight excluding hydrogens is 306 g/mol. The molecule has 0 atom stereocenters. The summed E-state index contributed by atoms with van der Waals surface area (Å²) < 4.78 is 6.40. The van der Waals surface area contributed by atoms with Crippen LogP contribution < -0.4 is 16.4 Å². The second-order valence-electron chi connectivity index (χ2n) is 4.70. The first kappa shape index (κ1) is 14.2. The van der Waals surface area contributed by atoms with Gasteiger partial charge in [-0.15, -0.1) is 0 Å². The average molecular weight is 318 g/mol. The molecular formula is C15H12ClN3O3. The van der Waals surface area contributed by atoms with Crippen LogP contribution >= 0.6 is 11.6 Å². The number of urea groups is 1. The molecule has 0 aliphatic heterocycles. The largest absolute Gasteiger partial charge is 0.419 e. The van der Waals surface area contributed by atoms with Crippen LogP contribution in [0, 0.1) is 0 Å². The smallest absolute Gasteiger partial charge is 0.408 e. The molecule has 0 fully saturated rings. The number of carbonyl (C=O) groups is 1. The molecule has 112 valence electrons. The molecule has 0 spiro atoms. The minimum atomic E-state index is -0.449. The third kappa shape index (κ3) is 2.82. The quantitative estimate of drug-likeness (QED) is 0.760. The van der Waals surface area contributed by atoms with Crippen molar-refractivity contribution in [2.24, 2.45) is 7.05 Å². The van der Waals surface area contributed by atoms with Crippen LogP contribution in [0.1, 0.15) is 0 Å². The number of benzene rings is 2. The Balaban J connectivity index is 1.79. The lowest BCUT2D eigenvalue weighted by Gasteiger charge is -2.08. The maximum atomic E-state index is 12.0. The van der Waals surface area contributed by atoms with Gasteiger partial charge in [-0.25, -0.2) is 9.59 Å². The predicted octanol–water partition coefficient (Wildman–Crippen LogP) is 3.43. The van der Waals surface area contributed by atoms with Gasteiger partial charge in [0.25, 0.3) is 0 Å². The van der Waals surface area contributed by atoms with Crippen LogP contribution in [-0.4, -0.2) is 10.6 Å². The van der Waals surface area contributed by atoms with E-state index in [1.165, 1.54) is 4.57 Å². The first-order valence-corrected chi connectivity index (χ1v) is 6.84. The van der Waals surface area contributed by atoms with Gasteiger partial charge in [-0.05, 0) is 36.4 Å². The number of nitrogens with zero attached hydrogens (tertiary/aromatic N) is 1. The van der Waals surface area contributed by atoms with E-state index >= 15 is 0 Å². The van der Waals surface area contributed by atoms with Crippen LogP contribution in [0.4, 0.5) is 16.2 Å². The Morgan fingerprint density at radius 2 is 1.86 bits per heavy atom. The Hall–Kier alpha value is -2.73. The summed E-state index contributed by atoms with van der Waals surface area (Å²) in [6, 6.07) is 11.4. The normalized spacial score (nSPS) is 10.6. The minimum Gasteiger partial charge on any atom is -0.408 e. The number of carbonyl (C=O) groups excluding carboxylic acids is 1. The van der Waals surface area contributed by atoms with Crippen molar-refractivity contribution in [2.75, 3.05) is 10.6 Å². The van der Waals surface area contributed by atoms with E-state index < -0.39 is 11.8 Å². The summed E-state index contributed by atoms with van der Waals surface area (Å²) >= 11 is 5.86. The van der Waals surface area contributed by atoms with E-state index in [0.717, 1.165) is 0 Å². The third-order valence-corrected chi connectivity index (χ3v) is 3.37. The van der Waals surface area contributed by atoms with E-state index in [2.05, 4.69) is 10.6 Å². The van der Waals surface area contributed by atoms with Crippen molar-refractivity contribution in [3.63, 3.8) is 0 Å². The molecule has 0 aliphatic carbocycles. The number of anilines is 2. The first-order valence-electron chi connectivity index (χ1n) is 6.46. The minimum absolute atomic E-state index is 0.407. The van der Waals surface area contributed by atoms with E-state index in [4.69, 9.17) is 16.0 Å². The molecule has 2 amide bonds. The Kier molecular flexibility index (Phi) is 3.60. The molecule has 0 bridgehead atoms. The maximum Gasteiger partial charge on any atom is 0.419 e. The Morgan fingerprint density at radius 1 is 1.14 bits per heavy atom. The molecule has 0 aliphatic rings. The molecule has 2 N–H and O–H groups in total. The summed E-state index contributed by atoms with van der Waals surface area (Å²) in [5.74, 6) is -0.449. The van der Waals surface area contributed by atoms with Crippen LogP contribution in [0.15, 0.2) is 51.7 Å². The monoisotopic (exact) mass is 317 g/mol. The van der Waals surface area contributed by atoms with Gasteiger partial charge in [0.1, 0.15) is 0 Å². The molecule has 2 aromatic carbocycles. The number of rotatable bonds is 2. The number of nitrogens with one attached hydrogen (secondary N) is 2. The third-order valence-electron chi connectivity index (χ3n) is 3.13. The first-order chi connectivity index (χ1) is 10.5. The molecule has 6 nitrogen and oxygen atoms in total. The zero-order valence-electron chi connectivity index (χ0n) is 11.6. The van der Waals surface area contributed by atoms with Crippen LogP contribution in [0.3, 0.4) is 0 Å². The number of aromatic nitrogens is 1. The summed E-state index contributed by atoms with van der Waals surface area (Å²) in [6.07, 6.45) is 0. The molecule has 0 unspecified atom stereocenters. The number of hydrogen-bond donors (Lipinski definition) is 2. The Labute approximate surface area is 130 Å². The second kappa shape index (κ2) is 5.57. The van der Waals surface area contributed by atoms with Crippen molar-refractivity contribution in [1.82, 2.24) is 4.57 Å². The summed E-state index contributed by atoms with van der Waals surface area (Å²) in [5.41, 5.74) is 2.20. The summed E-state index contributed by atoms with van der Waals surface area (Å²) in [4.78, 5) is 23.4. The summed E-state index contributed by atoms with van der Waals surface area (Å²) in [5, 5.41) is 5.90. The predicted molar refractivity (Wildman–Crippen MR) is 85.5 cm³/mol. The maximum absolute atomic E-state index is 12.0. The van der Waals surface area contributed by atoms with Crippen molar-refractivity contribution in [3.8, 4) is 0 Å². The number of amides is 2. The lowest BCUT2D eigenvalue weighted by Crippen LogP contribution is -2.19. The van der Waals surface area contributed by atoms with Crippen molar-refractivity contribution >= 4 is 40.1 Å². The fourth-order valence-electron chi connectivity index (χ4n) is 2.06. The van der Waals surface area contributed by atoms with Crippen molar-refractivity contribution in [3.05, 3.63) is 58.0 Å². The Bertz CT molecular complexity index is 914. The molecule has 22 heavy (non-hydrogen) atoms. The average Bonchev–Trinajstić information content (AvgIpc) is 2.74. The molecule has 3 aromatic rings. The zero-order valence-corrected chi connectivity index (χ0v) is 12.3. The number of halogens is 1. The fraction of sp³-hybridized carbons (Fsp3) is 0.0667. The van der Waals surface area contributed by atoms with Gasteiger partial charge >= 0.3 is 11.8 Å². The lowest BCUT2D eigenvalue weighted by molar-refractivity contribution is 0.262. The van der Waals surface area contributed by atoms with Gasteiger partial charge in [-0.2, -0.15) is 0 Å². The van der Waals surface area contributed by atoms with Crippen molar-refractivity contribution < 1.29 is 9.21 Å². The van der Waals surface area contributed by atoms with Gasteiger partial charge < -0.3 is 15.1 Å². The van der Waals surface area contributed by atoms with E-state index in [9.17, 15) is 9.59 Å². The molecule has 3 rings (SSSR count). The summed E-state index contributed by atoms with van der Waals surface area (Å²) in [6.45, 7) is 0.